The monoisotopic (exact) mass is 281 g/mol. The first-order valence-electron chi connectivity index (χ1n) is 5.81. The third-order valence-corrected chi connectivity index (χ3v) is 6.12. The minimum Gasteiger partial charge on any atom is -0.306 e. The second-order valence-corrected chi connectivity index (χ2v) is 7.80. The van der Waals surface area contributed by atoms with Crippen LogP contribution in [0, 0.1) is 0 Å². The van der Waals surface area contributed by atoms with Gasteiger partial charge in [-0.3, -0.25) is 0 Å². The summed E-state index contributed by atoms with van der Waals surface area (Å²) in [4.78, 5) is 0. The van der Waals surface area contributed by atoms with Crippen molar-refractivity contribution < 1.29 is 0 Å². The van der Waals surface area contributed by atoms with Crippen molar-refractivity contribution in [1.29, 1.82) is 0 Å². The van der Waals surface area contributed by atoms with Gasteiger partial charge in [-0.25, -0.2) is 0 Å². The maximum Gasteiger partial charge on any atom is 0.0649 e. The van der Waals surface area contributed by atoms with Gasteiger partial charge in [0.05, 0.1) is 4.21 Å². The fourth-order valence-corrected chi connectivity index (χ4v) is 5.41. The summed E-state index contributed by atoms with van der Waals surface area (Å²) < 4.78 is 1.51. The lowest BCUT2D eigenvalue weighted by Crippen LogP contribution is -2.25. The molecule has 0 aromatic carbocycles. The van der Waals surface area contributed by atoms with E-state index in [0.29, 0.717) is 6.04 Å². The molecule has 1 unspecified atom stereocenters. The molecule has 0 radical (unpaired) electrons. The Labute approximate surface area is 114 Å². The quantitative estimate of drug-likeness (QED) is 0.887. The standard InChI is InChI=1S/C13H15NS3/c1-9-6-12(11-3-5-16-13(11)17-9)14-7-10-2-4-15-8-10/h2-5,8-9,12,14H,6-7H2,1H3/t9-,12?/m0/s1. The van der Waals surface area contributed by atoms with Crippen LogP contribution in [0.4, 0.5) is 0 Å². The molecule has 0 saturated carbocycles. The van der Waals surface area contributed by atoms with Crippen LogP contribution in [-0.4, -0.2) is 5.25 Å². The Hall–Kier alpha value is -0.290. The lowest BCUT2D eigenvalue weighted by atomic mass is 10.0. The first-order valence-corrected chi connectivity index (χ1v) is 8.51. The molecule has 2 aromatic rings. The van der Waals surface area contributed by atoms with E-state index < -0.39 is 0 Å². The molecule has 0 bridgehead atoms. The van der Waals surface area contributed by atoms with Gasteiger partial charge in [-0.15, -0.1) is 23.1 Å². The van der Waals surface area contributed by atoms with Crippen LogP contribution in [0.5, 0.6) is 0 Å². The highest BCUT2D eigenvalue weighted by atomic mass is 32.2. The minimum absolute atomic E-state index is 0.535. The van der Waals surface area contributed by atoms with E-state index in [1.54, 1.807) is 11.3 Å². The van der Waals surface area contributed by atoms with Crippen LogP contribution in [0.3, 0.4) is 0 Å². The molecule has 1 N–H and O–H groups in total. The average Bonchev–Trinajstić information content (AvgIpc) is 2.95. The van der Waals surface area contributed by atoms with Crippen molar-refractivity contribution in [1.82, 2.24) is 5.32 Å². The number of hydrogen-bond donors (Lipinski definition) is 1. The molecular formula is C13H15NS3. The van der Waals surface area contributed by atoms with Crippen LogP contribution in [0.25, 0.3) is 0 Å². The Bertz CT molecular complexity index is 475. The average molecular weight is 281 g/mol. The molecule has 17 heavy (non-hydrogen) atoms. The molecule has 0 fully saturated rings. The van der Waals surface area contributed by atoms with E-state index >= 15 is 0 Å². The molecular weight excluding hydrogens is 266 g/mol. The number of thioether (sulfide) groups is 1. The summed E-state index contributed by atoms with van der Waals surface area (Å²) in [5.74, 6) is 0. The molecule has 3 rings (SSSR count). The van der Waals surface area contributed by atoms with E-state index in [0.717, 1.165) is 11.8 Å². The van der Waals surface area contributed by atoms with E-state index in [9.17, 15) is 0 Å². The highest BCUT2D eigenvalue weighted by molar-refractivity contribution is 8.01. The number of rotatable bonds is 3. The maximum atomic E-state index is 3.70. The van der Waals surface area contributed by atoms with E-state index in [2.05, 4.69) is 40.5 Å². The van der Waals surface area contributed by atoms with Crippen LogP contribution in [-0.2, 0) is 6.54 Å². The molecule has 3 heterocycles. The van der Waals surface area contributed by atoms with Crippen LogP contribution in [0.1, 0.15) is 30.5 Å². The second-order valence-electron chi connectivity index (χ2n) is 4.39. The predicted molar refractivity (Wildman–Crippen MR) is 78.2 cm³/mol. The van der Waals surface area contributed by atoms with Crippen molar-refractivity contribution >= 4 is 34.4 Å². The number of hydrogen-bond acceptors (Lipinski definition) is 4. The third kappa shape index (κ3) is 2.60. The highest BCUT2D eigenvalue weighted by Gasteiger charge is 2.25. The van der Waals surface area contributed by atoms with Gasteiger partial charge in [-0.1, -0.05) is 6.92 Å². The molecule has 2 atom stereocenters. The summed E-state index contributed by atoms with van der Waals surface area (Å²) in [6.07, 6.45) is 1.23. The fraction of sp³-hybridized carbons (Fsp3) is 0.385. The van der Waals surface area contributed by atoms with E-state index in [1.165, 1.54) is 21.8 Å². The Morgan fingerprint density at radius 1 is 1.35 bits per heavy atom. The van der Waals surface area contributed by atoms with Crippen LogP contribution < -0.4 is 5.32 Å². The van der Waals surface area contributed by atoms with Crippen molar-refractivity contribution in [2.45, 2.75) is 35.4 Å². The third-order valence-electron chi connectivity index (χ3n) is 3.04. The zero-order valence-electron chi connectivity index (χ0n) is 9.68. The minimum atomic E-state index is 0.535. The van der Waals surface area contributed by atoms with Crippen LogP contribution >= 0.6 is 34.4 Å². The zero-order valence-corrected chi connectivity index (χ0v) is 12.1. The Balaban J connectivity index is 1.71. The fourth-order valence-electron chi connectivity index (χ4n) is 2.18. The summed E-state index contributed by atoms with van der Waals surface area (Å²) in [7, 11) is 0. The summed E-state index contributed by atoms with van der Waals surface area (Å²) >= 11 is 5.68. The highest BCUT2D eigenvalue weighted by Crippen LogP contribution is 2.43. The molecule has 0 aliphatic carbocycles. The van der Waals surface area contributed by atoms with Gasteiger partial charge in [-0.2, -0.15) is 11.3 Å². The lowest BCUT2D eigenvalue weighted by Gasteiger charge is -2.27. The normalized spacial score (nSPS) is 23.6. The Morgan fingerprint density at radius 3 is 3.12 bits per heavy atom. The molecule has 1 aliphatic rings. The van der Waals surface area contributed by atoms with Crippen molar-refractivity contribution in [2.75, 3.05) is 0 Å². The summed E-state index contributed by atoms with van der Waals surface area (Å²) in [5.41, 5.74) is 2.91. The maximum absolute atomic E-state index is 3.70. The smallest absolute Gasteiger partial charge is 0.0649 e. The van der Waals surface area contributed by atoms with Gasteiger partial charge in [0.25, 0.3) is 0 Å². The van der Waals surface area contributed by atoms with Crippen molar-refractivity contribution in [3.63, 3.8) is 0 Å². The molecule has 0 saturated heterocycles. The van der Waals surface area contributed by atoms with E-state index in [-0.39, 0.29) is 0 Å². The van der Waals surface area contributed by atoms with Crippen molar-refractivity contribution in [3.8, 4) is 0 Å². The Morgan fingerprint density at radius 2 is 2.29 bits per heavy atom. The van der Waals surface area contributed by atoms with E-state index in [4.69, 9.17) is 0 Å². The number of thiophene rings is 2. The summed E-state index contributed by atoms with van der Waals surface area (Å²) in [6.45, 7) is 3.31. The molecule has 1 aliphatic heterocycles. The van der Waals surface area contributed by atoms with Gasteiger partial charge >= 0.3 is 0 Å². The van der Waals surface area contributed by atoms with Gasteiger partial charge in [0.1, 0.15) is 0 Å². The lowest BCUT2D eigenvalue weighted by molar-refractivity contribution is 0.488. The summed E-state index contributed by atoms with van der Waals surface area (Å²) in [5, 5.41) is 11.0. The zero-order chi connectivity index (χ0) is 11.7. The second kappa shape index (κ2) is 5.14. The molecule has 0 amide bonds. The number of fused-ring (bicyclic) bond motifs is 1. The van der Waals surface area contributed by atoms with Gasteiger partial charge in [0.15, 0.2) is 0 Å². The molecule has 0 spiro atoms. The van der Waals surface area contributed by atoms with Crippen LogP contribution in [0.2, 0.25) is 0 Å². The van der Waals surface area contributed by atoms with Gasteiger partial charge in [0, 0.05) is 17.8 Å². The topological polar surface area (TPSA) is 12.0 Å². The first kappa shape index (κ1) is 11.8. The van der Waals surface area contributed by atoms with Gasteiger partial charge in [0.2, 0.25) is 0 Å². The predicted octanol–water partition coefficient (Wildman–Crippen LogP) is 4.52. The Kier molecular flexibility index (Phi) is 3.56. The van der Waals surface area contributed by atoms with Crippen molar-refractivity contribution in [2.24, 2.45) is 0 Å². The first-order chi connectivity index (χ1) is 8.33. The van der Waals surface area contributed by atoms with E-state index in [1.807, 2.05) is 23.1 Å². The molecule has 90 valence electrons. The molecule has 1 nitrogen and oxygen atoms in total. The number of nitrogens with one attached hydrogen (secondary N) is 1. The SMILES string of the molecule is C[C@H]1CC(NCc2ccsc2)c2ccsc2S1. The molecule has 2 aromatic heterocycles. The van der Waals surface area contributed by atoms with Crippen LogP contribution in [0.15, 0.2) is 32.5 Å². The van der Waals surface area contributed by atoms with Gasteiger partial charge in [-0.05, 0) is 45.8 Å². The van der Waals surface area contributed by atoms with Crippen molar-refractivity contribution in [3.05, 3.63) is 39.4 Å². The largest absolute Gasteiger partial charge is 0.306 e. The van der Waals surface area contributed by atoms with Gasteiger partial charge < -0.3 is 5.32 Å². The molecule has 4 heteroatoms. The summed E-state index contributed by atoms with van der Waals surface area (Å²) in [6, 6.07) is 5.02.